The van der Waals surface area contributed by atoms with E-state index in [9.17, 15) is 10.2 Å². The second kappa shape index (κ2) is 5.66. The molecule has 0 aliphatic carbocycles. The van der Waals surface area contributed by atoms with E-state index in [1.807, 2.05) is 12.1 Å². The third-order valence-electron chi connectivity index (χ3n) is 2.31. The maximum Gasteiger partial charge on any atom is 0.105 e. The summed E-state index contributed by atoms with van der Waals surface area (Å²) in [6.07, 6.45) is 0.397. The molecule has 0 saturated heterocycles. The van der Waals surface area contributed by atoms with E-state index in [-0.39, 0.29) is 0 Å². The van der Waals surface area contributed by atoms with Gasteiger partial charge in [0.2, 0.25) is 0 Å². The minimum atomic E-state index is -0.881. The van der Waals surface area contributed by atoms with Crippen LogP contribution < -0.4 is 5.73 Å². The molecular weight excluding hydrogens is 190 g/mol. The summed E-state index contributed by atoms with van der Waals surface area (Å²) in [7, 11) is 0. The number of hydrogen-bond acceptors (Lipinski definition) is 3. The summed E-state index contributed by atoms with van der Waals surface area (Å²) in [6, 6.07) is 7.29. The van der Waals surface area contributed by atoms with Gasteiger partial charge in [0.05, 0.1) is 6.10 Å². The summed E-state index contributed by atoms with van der Waals surface area (Å²) < 4.78 is 0. The highest BCUT2D eigenvalue weighted by Crippen LogP contribution is 2.20. The van der Waals surface area contributed by atoms with Gasteiger partial charge in [-0.15, -0.1) is 0 Å². The first-order chi connectivity index (χ1) is 7.19. The predicted octanol–water partition coefficient (Wildman–Crippen LogP) is 1.07. The van der Waals surface area contributed by atoms with Gasteiger partial charge in [-0.1, -0.05) is 30.9 Å². The van der Waals surface area contributed by atoms with Crippen molar-refractivity contribution in [1.29, 1.82) is 0 Å². The molecule has 2 atom stereocenters. The molecule has 15 heavy (non-hydrogen) atoms. The fraction of sp³-hybridized carbons (Fsp3) is 0.333. The van der Waals surface area contributed by atoms with Gasteiger partial charge in [-0.2, -0.15) is 0 Å². The second-order valence-corrected chi connectivity index (χ2v) is 3.46. The van der Waals surface area contributed by atoms with E-state index >= 15 is 0 Å². The van der Waals surface area contributed by atoms with Crippen molar-refractivity contribution in [3.8, 4) is 0 Å². The summed E-state index contributed by atoms with van der Waals surface area (Å²) in [4.78, 5) is 0. The first kappa shape index (κ1) is 11.9. The largest absolute Gasteiger partial charge is 0.390 e. The molecule has 82 valence electrons. The van der Waals surface area contributed by atoms with Gasteiger partial charge in [0.25, 0.3) is 0 Å². The van der Waals surface area contributed by atoms with Crippen molar-refractivity contribution < 1.29 is 10.2 Å². The minimum absolute atomic E-state index is 0.360. The number of aliphatic hydroxyl groups is 2. The Labute approximate surface area is 89.9 Å². The average Bonchev–Trinajstić information content (AvgIpc) is 2.28. The molecule has 0 aromatic heterocycles. The zero-order valence-corrected chi connectivity index (χ0v) is 8.63. The highest BCUT2D eigenvalue weighted by atomic mass is 16.3. The van der Waals surface area contributed by atoms with Gasteiger partial charge in [0.1, 0.15) is 6.10 Å². The monoisotopic (exact) mass is 207 g/mol. The van der Waals surface area contributed by atoms with Gasteiger partial charge >= 0.3 is 0 Å². The van der Waals surface area contributed by atoms with Gasteiger partial charge in [0.15, 0.2) is 0 Å². The van der Waals surface area contributed by atoms with Crippen LogP contribution in [0.15, 0.2) is 30.8 Å². The molecule has 0 saturated carbocycles. The number of rotatable bonds is 5. The Balaban J connectivity index is 2.80. The third-order valence-corrected chi connectivity index (χ3v) is 2.31. The SMILES string of the molecule is C=Cc1cccc(C(O)C(O)CCN)c1. The van der Waals surface area contributed by atoms with Crippen LogP contribution in [0.3, 0.4) is 0 Å². The van der Waals surface area contributed by atoms with Crippen molar-refractivity contribution >= 4 is 6.08 Å². The lowest BCUT2D eigenvalue weighted by molar-refractivity contribution is 0.0150. The Morgan fingerprint density at radius 2 is 2.13 bits per heavy atom. The summed E-state index contributed by atoms with van der Waals surface area (Å²) in [5, 5.41) is 19.4. The van der Waals surface area contributed by atoms with Crippen LogP contribution in [0, 0.1) is 0 Å². The van der Waals surface area contributed by atoms with Crippen molar-refractivity contribution in [1.82, 2.24) is 0 Å². The van der Waals surface area contributed by atoms with Crippen LogP contribution in [0.25, 0.3) is 6.08 Å². The summed E-state index contributed by atoms with van der Waals surface area (Å²) >= 11 is 0. The second-order valence-electron chi connectivity index (χ2n) is 3.46. The third kappa shape index (κ3) is 3.16. The molecule has 0 aliphatic heterocycles. The lowest BCUT2D eigenvalue weighted by Crippen LogP contribution is -2.21. The van der Waals surface area contributed by atoms with Crippen molar-refractivity contribution in [2.75, 3.05) is 6.54 Å². The van der Waals surface area contributed by atoms with E-state index < -0.39 is 12.2 Å². The zero-order valence-electron chi connectivity index (χ0n) is 8.63. The summed E-state index contributed by atoms with van der Waals surface area (Å²) in [5.74, 6) is 0. The van der Waals surface area contributed by atoms with Gasteiger partial charge in [0, 0.05) is 0 Å². The van der Waals surface area contributed by atoms with Crippen LogP contribution in [-0.2, 0) is 0 Å². The van der Waals surface area contributed by atoms with E-state index in [0.717, 1.165) is 5.56 Å². The summed E-state index contributed by atoms with van der Waals surface area (Å²) in [6.45, 7) is 4.01. The molecule has 0 bridgehead atoms. The molecule has 0 aliphatic rings. The topological polar surface area (TPSA) is 66.5 Å². The van der Waals surface area contributed by atoms with Gasteiger partial charge in [-0.3, -0.25) is 0 Å². The van der Waals surface area contributed by atoms with Gasteiger partial charge in [-0.25, -0.2) is 0 Å². The number of hydrogen-bond donors (Lipinski definition) is 3. The molecule has 1 aromatic carbocycles. The number of nitrogens with two attached hydrogens (primary N) is 1. The van der Waals surface area contributed by atoms with E-state index in [2.05, 4.69) is 6.58 Å². The first-order valence-corrected chi connectivity index (χ1v) is 4.97. The Hall–Kier alpha value is -1.16. The van der Waals surface area contributed by atoms with E-state index in [1.165, 1.54) is 0 Å². The Morgan fingerprint density at radius 1 is 1.40 bits per heavy atom. The maximum absolute atomic E-state index is 9.80. The van der Waals surface area contributed by atoms with Crippen LogP contribution in [0.5, 0.6) is 0 Å². The van der Waals surface area contributed by atoms with E-state index in [4.69, 9.17) is 5.73 Å². The van der Waals surface area contributed by atoms with Crippen LogP contribution in [0.1, 0.15) is 23.7 Å². The number of aliphatic hydroxyl groups excluding tert-OH is 2. The van der Waals surface area contributed by atoms with Gasteiger partial charge < -0.3 is 15.9 Å². The molecular formula is C12H17NO2. The maximum atomic E-state index is 9.80. The minimum Gasteiger partial charge on any atom is -0.390 e. The van der Waals surface area contributed by atoms with E-state index in [1.54, 1.807) is 18.2 Å². The molecule has 0 amide bonds. The van der Waals surface area contributed by atoms with Crippen molar-refractivity contribution in [2.45, 2.75) is 18.6 Å². The standard InChI is InChI=1S/C12H17NO2/c1-2-9-4-3-5-10(8-9)12(15)11(14)6-7-13/h2-5,8,11-12,14-15H,1,6-7,13H2. The average molecular weight is 207 g/mol. The molecule has 1 aromatic rings. The molecule has 4 N–H and O–H groups in total. The Kier molecular flexibility index (Phi) is 4.49. The Morgan fingerprint density at radius 3 is 2.73 bits per heavy atom. The zero-order chi connectivity index (χ0) is 11.3. The van der Waals surface area contributed by atoms with Crippen molar-refractivity contribution in [3.05, 3.63) is 42.0 Å². The van der Waals surface area contributed by atoms with Crippen LogP contribution in [-0.4, -0.2) is 22.9 Å². The molecule has 3 nitrogen and oxygen atoms in total. The normalized spacial score (nSPS) is 14.6. The van der Waals surface area contributed by atoms with Crippen molar-refractivity contribution in [2.24, 2.45) is 5.73 Å². The predicted molar refractivity (Wildman–Crippen MR) is 61.2 cm³/mol. The molecule has 2 unspecified atom stereocenters. The molecule has 0 fully saturated rings. The smallest absolute Gasteiger partial charge is 0.105 e. The molecule has 1 rings (SSSR count). The molecule has 0 heterocycles. The first-order valence-electron chi connectivity index (χ1n) is 4.97. The van der Waals surface area contributed by atoms with Crippen LogP contribution >= 0.6 is 0 Å². The fourth-order valence-corrected chi connectivity index (χ4v) is 1.42. The summed E-state index contributed by atoms with van der Waals surface area (Å²) in [5.41, 5.74) is 6.93. The quantitative estimate of drug-likeness (QED) is 0.676. The molecule has 3 heteroatoms. The fourth-order valence-electron chi connectivity index (χ4n) is 1.42. The Bertz CT molecular complexity index is 325. The highest BCUT2D eigenvalue weighted by molar-refractivity contribution is 5.48. The number of benzene rings is 1. The highest BCUT2D eigenvalue weighted by Gasteiger charge is 2.17. The molecule has 0 radical (unpaired) electrons. The lowest BCUT2D eigenvalue weighted by Gasteiger charge is -2.17. The van der Waals surface area contributed by atoms with Gasteiger partial charge in [-0.05, 0) is 30.2 Å². The lowest BCUT2D eigenvalue weighted by atomic mass is 10.0. The van der Waals surface area contributed by atoms with E-state index in [0.29, 0.717) is 18.5 Å². The van der Waals surface area contributed by atoms with Crippen LogP contribution in [0.2, 0.25) is 0 Å². The molecule has 0 spiro atoms. The van der Waals surface area contributed by atoms with Crippen LogP contribution in [0.4, 0.5) is 0 Å². The van der Waals surface area contributed by atoms with Crippen molar-refractivity contribution in [3.63, 3.8) is 0 Å².